The van der Waals surface area contributed by atoms with E-state index < -0.39 is 0 Å². The summed E-state index contributed by atoms with van der Waals surface area (Å²) in [5.74, 6) is 0. The highest BCUT2D eigenvalue weighted by Crippen LogP contribution is 2.42. The van der Waals surface area contributed by atoms with Gasteiger partial charge in [-0.1, -0.05) is 182 Å². The van der Waals surface area contributed by atoms with Crippen LogP contribution in [0.3, 0.4) is 0 Å². The summed E-state index contributed by atoms with van der Waals surface area (Å²) in [5, 5.41) is 5.88. The molecular weight excluding hydrogens is 663 g/mol. The van der Waals surface area contributed by atoms with Gasteiger partial charge in [-0.25, -0.2) is 0 Å². The molecule has 0 spiro atoms. The molecule has 0 aliphatic heterocycles. The third kappa shape index (κ3) is 6.02. The minimum atomic E-state index is -0.112. The zero-order valence-corrected chi connectivity index (χ0v) is 30.0. The summed E-state index contributed by atoms with van der Waals surface area (Å²) >= 11 is 0. The fourth-order valence-electron chi connectivity index (χ4n) is 7.86. The van der Waals surface area contributed by atoms with Crippen LogP contribution >= 0.6 is 0 Å². The number of anilines is 3. The Kier molecular flexibility index (Phi) is 7.19. The Morgan fingerprint density at radius 1 is 0.291 bits per heavy atom. The van der Waals surface area contributed by atoms with Crippen molar-refractivity contribution in [3.63, 3.8) is 0 Å². The van der Waals surface area contributed by atoms with Crippen molar-refractivity contribution in [3.8, 4) is 44.5 Å². The predicted octanol–water partition coefficient (Wildman–Crippen LogP) is 15.3. The zero-order chi connectivity index (χ0) is 40.0. The molecule has 10 aromatic rings. The fourth-order valence-corrected chi connectivity index (χ4v) is 7.86. The third-order valence-corrected chi connectivity index (χ3v) is 10.5. The first kappa shape index (κ1) is 28.3. The minimum Gasteiger partial charge on any atom is -0.310 e. The van der Waals surface area contributed by atoms with Crippen molar-refractivity contribution >= 4 is 49.4 Å². The first-order chi connectivity index (χ1) is 29.0. The molecule has 10 aromatic carbocycles. The number of benzene rings is 10. The summed E-state index contributed by atoms with van der Waals surface area (Å²) in [6, 6.07) is 67.4. The average molecular weight is 704 g/mol. The van der Waals surface area contributed by atoms with Crippen molar-refractivity contribution < 1.29 is 5.48 Å². The van der Waals surface area contributed by atoms with E-state index in [2.05, 4.69) is 91.0 Å². The van der Waals surface area contributed by atoms with E-state index in [1.807, 2.05) is 114 Å². The van der Waals surface area contributed by atoms with Gasteiger partial charge in [-0.3, -0.25) is 0 Å². The van der Waals surface area contributed by atoms with Crippen LogP contribution in [-0.2, 0) is 0 Å². The summed E-state index contributed by atoms with van der Waals surface area (Å²) in [4.78, 5) is 1.89. The molecule has 0 aromatic heterocycles. The van der Waals surface area contributed by atoms with Crippen molar-refractivity contribution in [1.29, 1.82) is 0 Å². The molecule has 1 heteroatoms. The normalized spacial score (nSPS) is 12.3. The lowest BCUT2D eigenvalue weighted by Crippen LogP contribution is -2.10. The molecule has 1 nitrogen and oxygen atoms in total. The lowest BCUT2D eigenvalue weighted by molar-refractivity contribution is 1.30. The van der Waals surface area contributed by atoms with Crippen molar-refractivity contribution in [2.24, 2.45) is 0 Å². The second-order valence-corrected chi connectivity index (χ2v) is 13.8. The Morgan fingerprint density at radius 3 is 1.58 bits per heavy atom. The molecule has 0 aliphatic carbocycles. The Hall–Kier alpha value is -7.22. The summed E-state index contributed by atoms with van der Waals surface area (Å²) in [7, 11) is 0. The smallest absolute Gasteiger partial charge is 0.0645 e. The number of fused-ring (bicyclic) bond motifs is 4. The Morgan fingerprint density at radius 2 is 0.855 bits per heavy atom. The van der Waals surface area contributed by atoms with E-state index >= 15 is 0 Å². The summed E-state index contributed by atoms with van der Waals surface area (Å²) in [5.41, 5.74) is 9.29. The lowest BCUT2D eigenvalue weighted by atomic mass is 9.91. The van der Waals surface area contributed by atoms with Gasteiger partial charge in [-0.05, 0) is 114 Å². The molecule has 0 aliphatic rings. The lowest BCUT2D eigenvalue weighted by Gasteiger charge is -2.27. The first-order valence-corrected chi connectivity index (χ1v) is 18.6. The van der Waals surface area contributed by atoms with E-state index in [4.69, 9.17) is 0 Å². The third-order valence-electron chi connectivity index (χ3n) is 10.5. The molecular formula is C54H37N. The molecule has 0 amide bonds. The summed E-state index contributed by atoms with van der Waals surface area (Å²) < 4.78 is 38.5. The molecule has 0 fully saturated rings. The van der Waals surface area contributed by atoms with Crippen LogP contribution in [0.15, 0.2) is 224 Å². The maximum absolute atomic E-state index is 9.67. The van der Waals surface area contributed by atoms with Gasteiger partial charge in [0, 0.05) is 16.8 Å². The van der Waals surface area contributed by atoms with Crippen LogP contribution in [-0.4, -0.2) is 0 Å². The molecule has 0 saturated heterocycles. The van der Waals surface area contributed by atoms with Gasteiger partial charge in [0.25, 0.3) is 0 Å². The van der Waals surface area contributed by atoms with Gasteiger partial charge in [0.05, 0.1) is 11.2 Å². The van der Waals surface area contributed by atoms with Crippen LogP contribution in [0, 0.1) is 0 Å². The van der Waals surface area contributed by atoms with E-state index in [0.29, 0.717) is 5.56 Å². The minimum absolute atomic E-state index is 0.0877. The van der Waals surface area contributed by atoms with Crippen molar-refractivity contribution in [2.75, 3.05) is 4.90 Å². The molecule has 0 N–H and O–H groups in total. The van der Waals surface area contributed by atoms with Gasteiger partial charge < -0.3 is 4.90 Å². The van der Waals surface area contributed by atoms with Gasteiger partial charge >= 0.3 is 0 Å². The van der Waals surface area contributed by atoms with E-state index in [0.717, 1.165) is 77.1 Å². The SMILES string of the molecule is [2H]c1c([2H])c(N(c2ccc(-c3ccc(-c4ccccc4)c(-c4ccccc4)c3)cc2)c2cccc3ccccc23)c([2H])c([2H])c1-c1cc2ccccc2c2ccccc12. The maximum atomic E-state index is 9.67. The van der Waals surface area contributed by atoms with Crippen molar-refractivity contribution in [1.82, 2.24) is 0 Å². The summed E-state index contributed by atoms with van der Waals surface area (Å²) in [6.07, 6.45) is 0. The molecule has 0 bridgehead atoms. The van der Waals surface area contributed by atoms with Gasteiger partial charge in [-0.2, -0.15) is 0 Å². The van der Waals surface area contributed by atoms with E-state index in [-0.39, 0.29) is 35.4 Å². The van der Waals surface area contributed by atoms with Gasteiger partial charge in [-0.15, -0.1) is 0 Å². The summed E-state index contributed by atoms with van der Waals surface area (Å²) in [6.45, 7) is 0. The van der Waals surface area contributed by atoms with Gasteiger partial charge in [0.2, 0.25) is 0 Å². The number of hydrogen-bond acceptors (Lipinski definition) is 1. The van der Waals surface area contributed by atoms with Crippen LogP contribution < -0.4 is 4.90 Å². The highest BCUT2D eigenvalue weighted by Gasteiger charge is 2.17. The van der Waals surface area contributed by atoms with E-state index in [9.17, 15) is 5.48 Å². The molecule has 0 radical (unpaired) electrons. The number of nitrogens with zero attached hydrogens (tertiary/aromatic N) is 1. The Bertz CT molecular complexity index is 3160. The van der Waals surface area contributed by atoms with Gasteiger partial charge in [0.15, 0.2) is 0 Å². The van der Waals surface area contributed by atoms with Crippen molar-refractivity contribution in [2.45, 2.75) is 0 Å². The standard InChI is InChI=1S/C54H37N/c1-3-14-39(15-4-1)48-35-30-43(36-52(48)41-16-5-2-6-17-41)38-26-31-45(32-27-38)55(54-25-13-20-40-18-7-10-22-49(40)54)46-33-28-42(29-34-46)53-37-44-19-8-9-21-47(44)50-23-11-12-24-51(50)53/h1-37H/i28D,29D,33D,34D. The monoisotopic (exact) mass is 703 g/mol. The maximum Gasteiger partial charge on any atom is 0.0645 e. The molecule has 0 saturated carbocycles. The molecule has 10 rings (SSSR count). The molecule has 55 heavy (non-hydrogen) atoms. The first-order valence-electron chi connectivity index (χ1n) is 20.6. The fraction of sp³-hybridized carbons (Fsp3) is 0. The largest absolute Gasteiger partial charge is 0.310 e. The second kappa shape index (κ2) is 14.0. The topological polar surface area (TPSA) is 3.24 Å². The van der Waals surface area contributed by atoms with Crippen LogP contribution in [0.2, 0.25) is 0 Å². The van der Waals surface area contributed by atoms with E-state index in [1.54, 1.807) is 0 Å². The molecule has 258 valence electrons. The van der Waals surface area contributed by atoms with Crippen molar-refractivity contribution in [3.05, 3.63) is 224 Å². The van der Waals surface area contributed by atoms with Gasteiger partial charge in [0.1, 0.15) is 0 Å². The van der Waals surface area contributed by atoms with Crippen LogP contribution in [0.25, 0.3) is 76.8 Å². The number of hydrogen-bond donors (Lipinski definition) is 0. The average Bonchev–Trinajstić information content (AvgIpc) is 3.30. The van der Waals surface area contributed by atoms with E-state index in [1.165, 1.54) is 0 Å². The predicted molar refractivity (Wildman–Crippen MR) is 235 cm³/mol. The quantitative estimate of drug-likeness (QED) is 0.149. The Labute approximate surface area is 327 Å². The molecule has 0 unspecified atom stereocenters. The molecule has 0 atom stereocenters. The van der Waals surface area contributed by atoms with Crippen LogP contribution in [0.4, 0.5) is 17.1 Å². The highest BCUT2D eigenvalue weighted by molar-refractivity contribution is 6.13. The van der Waals surface area contributed by atoms with Crippen LogP contribution in [0.5, 0.6) is 0 Å². The number of rotatable bonds is 7. The highest BCUT2D eigenvalue weighted by atomic mass is 15.1. The Balaban J connectivity index is 1.15. The van der Waals surface area contributed by atoms with Crippen LogP contribution in [0.1, 0.15) is 5.48 Å². The zero-order valence-electron chi connectivity index (χ0n) is 34.0. The molecule has 0 heterocycles. The second-order valence-electron chi connectivity index (χ2n) is 13.8.